The Morgan fingerprint density at radius 2 is 1.60 bits per heavy atom. The Hall–Kier alpha value is 1.81. The molecule has 0 fully saturated rings. The molecule has 0 aliphatic carbocycles. The van der Waals surface area contributed by atoms with Crippen molar-refractivity contribution in [2.45, 2.75) is 5.97 Å². The minimum Gasteiger partial charge on any atom is -0.339 e. The van der Waals surface area contributed by atoms with E-state index in [2.05, 4.69) is 22.6 Å². The van der Waals surface area contributed by atoms with Crippen molar-refractivity contribution in [2.24, 2.45) is 0 Å². The maximum Gasteiger partial charge on any atom is 0.311 e. The lowest BCUT2D eigenvalue weighted by Crippen LogP contribution is -2.27. The molecule has 0 rings (SSSR count). The molecule has 0 heterocycles. The highest BCUT2D eigenvalue weighted by atomic mass is 127. The van der Waals surface area contributed by atoms with Crippen LogP contribution in [0.15, 0.2) is 7.16 Å². The van der Waals surface area contributed by atoms with Crippen LogP contribution in [0.2, 0.25) is 0 Å². The fraction of sp³-hybridized carbons (Fsp3) is 0.500. The monoisotopic (exact) mass is 482 g/mol. The average molecular weight is 482 g/mol. The maximum atomic E-state index is 8.63. The first-order valence-corrected chi connectivity index (χ1v) is 5.85. The van der Waals surface area contributed by atoms with Gasteiger partial charge in [-0.2, -0.15) is 0 Å². The van der Waals surface area contributed by atoms with Gasteiger partial charge in [-0.1, -0.05) is 22.6 Å². The lowest BCUT2D eigenvalue weighted by Gasteiger charge is -2.13. The Morgan fingerprint density at radius 3 is 1.70 bits per heavy atom. The summed E-state index contributed by atoms with van der Waals surface area (Å²) in [4.78, 5) is 0. The van der Waals surface area contributed by atoms with Crippen molar-refractivity contribution >= 4 is 67.8 Å². The SMILES string of the molecule is OC(O)(O)C(I)=C(I)CI. The summed E-state index contributed by atoms with van der Waals surface area (Å²) in [6, 6.07) is 0. The summed E-state index contributed by atoms with van der Waals surface area (Å²) in [5.74, 6) is -2.66. The maximum absolute atomic E-state index is 8.63. The fourth-order valence-corrected chi connectivity index (χ4v) is 1.90. The first kappa shape index (κ1) is 11.8. The second-order valence-electron chi connectivity index (χ2n) is 1.49. The van der Waals surface area contributed by atoms with Crippen molar-refractivity contribution in [3.8, 4) is 0 Å². The highest BCUT2D eigenvalue weighted by Crippen LogP contribution is 2.27. The molecule has 0 aliphatic heterocycles. The highest BCUT2D eigenvalue weighted by molar-refractivity contribution is 14.1. The summed E-state index contributed by atoms with van der Waals surface area (Å²) in [5, 5.41) is 25.9. The molecule has 10 heavy (non-hydrogen) atoms. The molecule has 0 atom stereocenters. The van der Waals surface area contributed by atoms with E-state index in [0.717, 1.165) is 3.58 Å². The molecule has 0 amide bonds. The van der Waals surface area contributed by atoms with Gasteiger partial charge in [0.25, 0.3) is 0 Å². The Labute approximate surface area is 99.3 Å². The quantitative estimate of drug-likeness (QED) is 0.315. The Morgan fingerprint density at radius 1 is 1.20 bits per heavy atom. The minimum absolute atomic E-state index is 0.153. The van der Waals surface area contributed by atoms with Gasteiger partial charge >= 0.3 is 5.97 Å². The Bertz CT molecular complexity index is 148. The first-order valence-electron chi connectivity index (χ1n) is 2.17. The zero-order valence-electron chi connectivity index (χ0n) is 4.68. The lowest BCUT2D eigenvalue weighted by atomic mass is 10.5. The Kier molecular flexibility index (Phi) is 5.60. The average Bonchev–Trinajstić information content (AvgIpc) is 1.83. The van der Waals surface area contributed by atoms with Gasteiger partial charge < -0.3 is 15.3 Å². The molecule has 3 N–H and O–H groups in total. The van der Waals surface area contributed by atoms with Crippen molar-refractivity contribution in [1.82, 2.24) is 0 Å². The van der Waals surface area contributed by atoms with Crippen LogP contribution in [0.1, 0.15) is 0 Å². The summed E-state index contributed by atoms with van der Waals surface area (Å²) < 4.78 is 1.53. The van der Waals surface area contributed by atoms with E-state index in [1.165, 1.54) is 0 Å². The van der Waals surface area contributed by atoms with Crippen molar-refractivity contribution in [3.63, 3.8) is 0 Å². The first-order chi connectivity index (χ1) is 4.39. The van der Waals surface area contributed by atoms with Crippen LogP contribution in [-0.2, 0) is 0 Å². The van der Waals surface area contributed by atoms with Crippen LogP contribution in [0, 0.1) is 0 Å². The van der Waals surface area contributed by atoms with Crippen molar-refractivity contribution in [1.29, 1.82) is 0 Å². The molecular weight excluding hydrogens is 477 g/mol. The molecule has 6 heteroatoms. The van der Waals surface area contributed by atoms with E-state index in [9.17, 15) is 0 Å². The second-order valence-corrected chi connectivity index (χ2v) is 4.63. The van der Waals surface area contributed by atoms with E-state index >= 15 is 0 Å². The van der Waals surface area contributed by atoms with Gasteiger partial charge in [0.1, 0.15) is 0 Å². The summed E-state index contributed by atoms with van der Waals surface area (Å²) in [6.45, 7) is 0. The van der Waals surface area contributed by atoms with Crippen LogP contribution in [0.5, 0.6) is 0 Å². The molecule has 0 aromatic rings. The number of alkyl halides is 1. The molecule has 60 valence electrons. The van der Waals surface area contributed by atoms with E-state index in [1.807, 2.05) is 22.6 Å². The topological polar surface area (TPSA) is 60.7 Å². The van der Waals surface area contributed by atoms with Crippen LogP contribution in [0.25, 0.3) is 0 Å². The predicted molar refractivity (Wildman–Crippen MR) is 63.3 cm³/mol. The smallest absolute Gasteiger partial charge is 0.311 e. The number of halogens is 3. The molecule has 0 saturated carbocycles. The van der Waals surface area contributed by atoms with Crippen molar-refractivity contribution in [2.75, 3.05) is 4.43 Å². The molecule has 0 aliphatic rings. The molecule has 0 radical (unpaired) electrons. The summed E-state index contributed by atoms with van der Waals surface area (Å²) in [6.07, 6.45) is 0. The third-order valence-corrected chi connectivity index (χ3v) is 6.20. The zero-order chi connectivity index (χ0) is 8.36. The van der Waals surface area contributed by atoms with Crippen LogP contribution in [0.4, 0.5) is 0 Å². The van der Waals surface area contributed by atoms with E-state index in [4.69, 9.17) is 15.3 Å². The van der Waals surface area contributed by atoms with Crippen LogP contribution in [-0.4, -0.2) is 25.7 Å². The minimum atomic E-state index is -2.66. The fourth-order valence-electron chi connectivity index (χ4n) is 0.241. The van der Waals surface area contributed by atoms with Crippen LogP contribution in [0.3, 0.4) is 0 Å². The number of hydrogen-bond donors (Lipinski definition) is 3. The number of hydrogen-bond acceptors (Lipinski definition) is 3. The molecule has 0 aromatic heterocycles. The largest absolute Gasteiger partial charge is 0.339 e. The zero-order valence-corrected chi connectivity index (χ0v) is 11.2. The number of aliphatic hydroxyl groups is 3. The number of rotatable bonds is 2. The normalized spacial score (nSPS) is 15.0. The van der Waals surface area contributed by atoms with Gasteiger partial charge in [-0.3, -0.25) is 0 Å². The molecular formula is C4H5I3O3. The van der Waals surface area contributed by atoms with Gasteiger partial charge in [-0.25, -0.2) is 0 Å². The second kappa shape index (κ2) is 4.74. The molecule has 0 saturated heterocycles. The summed E-state index contributed by atoms with van der Waals surface area (Å²) in [7, 11) is 0. The van der Waals surface area contributed by atoms with Crippen molar-refractivity contribution in [3.05, 3.63) is 7.16 Å². The molecule has 0 unspecified atom stereocenters. The standard InChI is InChI=1S/C4H5I3O3/c5-1-2(6)3(7)4(8,9)10/h8-10H,1H2. The van der Waals surface area contributed by atoms with Gasteiger partial charge in [-0.15, -0.1) is 0 Å². The van der Waals surface area contributed by atoms with E-state index < -0.39 is 5.97 Å². The van der Waals surface area contributed by atoms with Crippen molar-refractivity contribution < 1.29 is 15.3 Å². The predicted octanol–water partition coefficient (Wildman–Crippen LogP) is 1.13. The Balaban J connectivity index is 4.47. The van der Waals surface area contributed by atoms with E-state index in [-0.39, 0.29) is 3.58 Å². The third-order valence-electron chi connectivity index (χ3n) is 0.650. The number of allylic oxidation sites excluding steroid dienone is 1. The highest BCUT2D eigenvalue weighted by Gasteiger charge is 2.24. The lowest BCUT2D eigenvalue weighted by molar-refractivity contribution is -0.274. The van der Waals surface area contributed by atoms with E-state index in [1.54, 1.807) is 22.6 Å². The van der Waals surface area contributed by atoms with Gasteiger partial charge in [0.05, 0.1) is 3.58 Å². The van der Waals surface area contributed by atoms with E-state index in [0.29, 0.717) is 4.43 Å². The van der Waals surface area contributed by atoms with Crippen LogP contribution < -0.4 is 0 Å². The van der Waals surface area contributed by atoms with Gasteiger partial charge in [-0.05, 0) is 45.2 Å². The van der Waals surface area contributed by atoms with Crippen LogP contribution >= 0.6 is 67.8 Å². The molecule has 0 spiro atoms. The third kappa shape index (κ3) is 3.99. The summed E-state index contributed by atoms with van der Waals surface area (Å²) >= 11 is 5.70. The van der Waals surface area contributed by atoms with Gasteiger partial charge in [0.15, 0.2) is 0 Å². The van der Waals surface area contributed by atoms with Gasteiger partial charge in [0.2, 0.25) is 0 Å². The molecule has 0 bridgehead atoms. The summed E-state index contributed by atoms with van der Waals surface area (Å²) in [5.41, 5.74) is 0. The molecule has 3 nitrogen and oxygen atoms in total. The molecule has 0 aromatic carbocycles. The van der Waals surface area contributed by atoms with Gasteiger partial charge in [0, 0.05) is 8.01 Å².